The number of nitrogens with zero attached hydrogens (tertiary/aromatic N) is 3. The van der Waals surface area contributed by atoms with Crippen LogP contribution in [0.5, 0.6) is 0 Å². The first kappa shape index (κ1) is 12.1. The molecule has 1 aromatic heterocycles. The molecule has 0 bridgehead atoms. The molecule has 3 nitrogen and oxygen atoms in total. The summed E-state index contributed by atoms with van der Waals surface area (Å²) in [5, 5.41) is 10.4. The summed E-state index contributed by atoms with van der Waals surface area (Å²) in [7, 11) is 0. The molecular weight excluding hydrogens is 242 g/mol. The fourth-order valence-electron chi connectivity index (χ4n) is 2.32. The van der Waals surface area contributed by atoms with Crippen LogP contribution in [0.25, 0.3) is 0 Å². The largest absolute Gasteiger partial charge is 0.342 e. The Morgan fingerprint density at radius 3 is 2.62 bits per heavy atom. The molecule has 1 fully saturated rings. The van der Waals surface area contributed by atoms with Crippen LogP contribution in [0.2, 0.25) is 0 Å². The lowest BCUT2D eigenvalue weighted by molar-refractivity contribution is 0.418. The van der Waals surface area contributed by atoms with E-state index >= 15 is 0 Å². The van der Waals surface area contributed by atoms with Crippen molar-refractivity contribution in [2.45, 2.75) is 45.1 Å². The van der Waals surface area contributed by atoms with Crippen LogP contribution in [0, 0.1) is 6.92 Å². The van der Waals surface area contributed by atoms with E-state index in [1.165, 1.54) is 32.1 Å². The summed E-state index contributed by atoms with van der Waals surface area (Å²) in [6, 6.07) is 0.625. The van der Waals surface area contributed by atoms with Gasteiger partial charge in [0, 0.05) is 18.5 Å². The molecule has 0 atom stereocenters. The number of aryl methyl sites for hydroxylation is 1. The van der Waals surface area contributed by atoms with Crippen LogP contribution < -0.4 is 4.90 Å². The van der Waals surface area contributed by atoms with Crippen molar-refractivity contribution in [3.8, 4) is 0 Å². The van der Waals surface area contributed by atoms with E-state index < -0.39 is 0 Å². The first-order valence-corrected chi connectivity index (χ1v) is 7.29. The summed E-state index contributed by atoms with van der Waals surface area (Å²) in [6.45, 7) is 2.89. The SMILES string of the molecule is Cc1nnc(N(CCCl)C2CCCCC2)s1. The Morgan fingerprint density at radius 2 is 2.06 bits per heavy atom. The lowest BCUT2D eigenvalue weighted by atomic mass is 9.94. The molecule has 1 aromatic rings. The van der Waals surface area contributed by atoms with Gasteiger partial charge in [-0.1, -0.05) is 30.6 Å². The molecule has 0 radical (unpaired) electrons. The molecule has 0 N–H and O–H groups in total. The van der Waals surface area contributed by atoms with E-state index in [0.717, 1.165) is 16.7 Å². The van der Waals surface area contributed by atoms with Gasteiger partial charge in [0.2, 0.25) is 5.13 Å². The van der Waals surface area contributed by atoms with Crippen LogP contribution in [0.4, 0.5) is 5.13 Å². The predicted molar refractivity (Wildman–Crippen MR) is 69.6 cm³/mol. The van der Waals surface area contributed by atoms with Crippen molar-refractivity contribution in [2.24, 2.45) is 0 Å². The number of anilines is 1. The smallest absolute Gasteiger partial charge is 0.208 e. The van der Waals surface area contributed by atoms with E-state index in [4.69, 9.17) is 11.6 Å². The van der Waals surface area contributed by atoms with Crippen molar-refractivity contribution in [3.63, 3.8) is 0 Å². The van der Waals surface area contributed by atoms with Gasteiger partial charge in [-0.3, -0.25) is 0 Å². The fraction of sp³-hybridized carbons (Fsp3) is 0.818. The molecule has 16 heavy (non-hydrogen) atoms. The number of alkyl halides is 1. The quantitative estimate of drug-likeness (QED) is 0.778. The second-order valence-electron chi connectivity index (χ2n) is 4.28. The van der Waals surface area contributed by atoms with Crippen molar-refractivity contribution in [3.05, 3.63) is 5.01 Å². The third-order valence-corrected chi connectivity index (χ3v) is 4.15. The number of hydrogen-bond donors (Lipinski definition) is 0. The first-order valence-electron chi connectivity index (χ1n) is 5.94. The Kier molecular flexibility index (Phi) is 4.41. The van der Waals surface area contributed by atoms with Gasteiger partial charge in [-0.15, -0.1) is 21.8 Å². The van der Waals surface area contributed by atoms with Gasteiger partial charge in [0.25, 0.3) is 0 Å². The molecule has 1 heterocycles. The fourth-order valence-corrected chi connectivity index (χ4v) is 3.29. The van der Waals surface area contributed by atoms with Gasteiger partial charge >= 0.3 is 0 Å². The maximum atomic E-state index is 5.89. The topological polar surface area (TPSA) is 29.0 Å². The third kappa shape index (κ3) is 2.86. The maximum absolute atomic E-state index is 5.89. The van der Waals surface area contributed by atoms with Crippen LogP contribution in [0.3, 0.4) is 0 Å². The molecule has 0 aromatic carbocycles. The van der Waals surface area contributed by atoms with E-state index in [-0.39, 0.29) is 0 Å². The van der Waals surface area contributed by atoms with Gasteiger partial charge in [-0.05, 0) is 19.8 Å². The monoisotopic (exact) mass is 259 g/mol. The Morgan fingerprint density at radius 1 is 1.31 bits per heavy atom. The molecule has 0 spiro atoms. The van der Waals surface area contributed by atoms with Crippen LogP contribution in [0.15, 0.2) is 0 Å². The molecule has 90 valence electrons. The molecule has 0 unspecified atom stereocenters. The average molecular weight is 260 g/mol. The van der Waals surface area contributed by atoms with Gasteiger partial charge < -0.3 is 4.90 Å². The molecule has 1 aliphatic carbocycles. The molecule has 0 saturated heterocycles. The average Bonchev–Trinajstić information content (AvgIpc) is 2.74. The summed E-state index contributed by atoms with van der Waals surface area (Å²) < 4.78 is 0. The lowest BCUT2D eigenvalue weighted by Gasteiger charge is -2.33. The highest BCUT2D eigenvalue weighted by Crippen LogP contribution is 2.29. The van der Waals surface area contributed by atoms with Crippen molar-refractivity contribution in [1.82, 2.24) is 10.2 Å². The van der Waals surface area contributed by atoms with E-state index in [2.05, 4.69) is 15.1 Å². The zero-order valence-electron chi connectivity index (χ0n) is 9.65. The van der Waals surface area contributed by atoms with Crippen molar-refractivity contribution in [1.29, 1.82) is 0 Å². The van der Waals surface area contributed by atoms with Crippen molar-refractivity contribution >= 4 is 28.1 Å². The van der Waals surface area contributed by atoms with Crippen molar-refractivity contribution in [2.75, 3.05) is 17.3 Å². The van der Waals surface area contributed by atoms with Gasteiger partial charge in [-0.2, -0.15) is 0 Å². The van der Waals surface area contributed by atoms with Gasteiger partial charge in [-0.25, -0.2) is 0 Å². The van der Waals surface area contributed by atoms with E-state index in [9.17, 15) is 0 Å². The summed E-state index contributed by atoms with van der Waals surface area (Å²) in [5.41, 5.74) is 0. The maximum Gasteiger partial charge on any atom is 0.208 e. The molecule has 0 aliphatic heterocycles. The predicted octanol–water partition coefficient (Wildman–Crippen LogP) is 3.22. The normalized spacial score (nSPS) is 17.6. The van der Waals surface area contributed by atoms with Crippen LogP contribution in [-0.4, -0.2) is 28.7 Å². The first-order chi connectivity index (χ1) is 7.81. The molecule has 1 saturated carbocycles. The van der Waals surface area contributed by atoms with E-state index in [0.29, 0.717) is 11.9 Å². The second kappa shape index (κ2) is 5.82. The minimum absolute atomic E-state index is 0.625. The minimum atomic E-state index is 0.625. The highest BCUT2D eigenvalue weighted by Gasteiger charge is 2.23. The Labute approximate surface area is 106 Å². The summed E-state index contributed by atoms with van der Waals surface area (Å²) in [4.78, 5) is 2.36. The number of rotatable bonds is 4. The Bertz CT molecular complexity index is 323. The molecule has 5 heteroatoms. The molecular formula is C11H18ClN3S. The van der Waals surface area contributed by atoms with E-state index in [1.807, 2.05) is 6.92 Å². The zero-order valence-corrected chi connectivity index (χ0v) is 11.2. The second-order valence-corrected chi connectivity index (χ2v) is 5.82. The number of aromatic nitrogens is 2. The highest BCUT2D eigenvalue weighted by atomic mass is 35.5. The lowest BCUT2D eigenvalue weighted by Crippen LogP contribution is -2.38. The Hall–Kier alpha value is -0.350. The molecule has 1 aliphatic rings. The summed E-state index contributed by atoms with van der Waals surface area (Å²) in [5.74, 6) is 0.662. The Balaban J connectivity index is 2.09. The van der Waals surface area contributed by atoms with Gasteiger partial charge in [0.05, 0.1) is 0 Å². The van der Waals surface area contributed by atoms with Crippen LogP contribution in [-0.2, 0) is 0 Å². The number of halogens is 1. The summed E-state index contributed by atoms with van der Waals surface area (Å²) in [6.07, 6.45) is 6.59. The number of hydrogen-bond acceptors (Lipinski definition) is 4. The van der Waals surface area contributed by atoms with Crippen LogP contribution >= 0.6 is 22.9 Å². The minimum Gasteiger partial charge on any atom is -0.342 e. The summed E-state index contributed by atoms with van der Waals surface area (Å²) >= 11 is 7.56. The molecule has 0 amide bonds. The molecule has 2 rings (SSSR count). The van der Waals surface area contributed by atoms with Crippen molar-refractivity contribution < 1.29 is 0 Å². The van der Waals surface area contributed by atoms with Gasteiger partial charge in [0.1, 0.15) is 5.01 Å². The van der Waals surface area contributed by atoms with E-state index in [1.54, 1.807) is 11.3 Å². The zero-order chi connectivity index (χ0) is 11.4. The van der Waals surface area contributed by atoms with Crippen LogP contribution in [0.1, 0.15) is 37.1 Å². The highest BCUT2D eigenvalue weighted by molar-refractivity contribution is 7.15. The standard InChI is InChI=1S/C11H18ClN3S/c1-9-13-14-11(16-9)15(8-7-12)10-5-3-2-4-6-10/h10H,2-8H2,1H3. The third-order valence-electron chi connectivity index (χ3n) is 3.10. The van der Waals surface area contributed by atoms with Gasteiger partial charge in [0.15, 0.2) is 0 Å².